The summed E-state index contributed by atoms with van der Waals surface area (Å²) in [5, 5.41) is 0. The molecule has 2 rings (SSSR count). The van der Waals surface area contributed by atoms with Gasteiger partial charge in [-0.2, -0.15) is 0 Å². The maximum atomic E-state index is 5.67. The molecule has 1 saturated carbocycles. The van der Waals surface area contributed by atoms with Crippen molar-refractivity contribution in [1.82, 2.24) is 0 Å². The van der Waals surface area contributed by atoms with Gasteiger partial charge in [0.2, 0.25) is 0 Å². The second kappa shape index (κ2) is 5.19. The van der Waals surface area contributed by atoms with Gasteiger partial charge >= 0.3 is 0 Å². The number of anilines is 1. The Balaban J connectivity index is 2.30. The van der Waals surface area contributed by atoms with Crippen LogP contribution in [0.3, 0.4) is 0 Å². The first-order valence-corrected chi connectivity index (χ1v) is 6.80. The van der Waals surface area contributed by atoms with Gasteiger partial charge < -0.3 is 10.6 Å². The topological polar surface area (TPSA) is 29.3 Å². The molecule has 0 saturated heterocycles. The molecule has 0 aromatic heterocycles. The van der Waals surface area contributed by atoms with Crippen LogP contribution in [0.4, 0.5) is 5.69 Å². The fraction of sp³-hybridized carbons (Fsp3) is 0.538. The Kier molecular flexibility index (Phi) is 3.87. The van der Waals surface area contributed by atoms with Crippen molar-refractivity contribution >= 4 is 21.6 Å². The second-order valence-electron chi connectivity index (χ2n) is 4.33. The van der Waals surface area contributed by atoms with E-state index >= 15 is 0 Å². The summed E-state index contributed by atoms with van der Waals surface area (Å²) in [5.74, 6) is 0. The summed E-state index contributed by atoms with van der Waals surface area (Å²) >= 11 is 3.56. The van der Waals surface area contributed by atoms with Crippen LogP contribution >= 0.6 is 15.9 Å². The van der Waals surface area contributed by atoms with E-state index in [2.05, 4.69) is 46.0 Å². The van der Waals surface area contributed by atoms with Crippen LogP contribution in [-0.2, 0) is 6.42 Å². The maximum Gasteiger partial charge on any atom is 0.0412 e. The molecule has 88 valence electrons. The Morgan fingerprint density at radius 1 is 1.44 bits per heavy atom. The van der Waals surface area contributed by atoms with E-state index in [-0.39, 0.29) is 0 Å². The van der Waals surface area contributed by atoms with Crippen LogP contribution in [-0.4, -0.2) is 19.1 Å². The second-order valence-corrected chi connectivity index (χ2v) is 5.24. The lowest BCUT2D eigenvalue weighted by atomic mass is 10.1. The number of hydrogen-bond acceptors (Lipinski definition) is 2. The number of halogens is 1. The van der Waals surface area contributed by atoms with Crippen LogP contribution in [0.1, 0.15) is 25.3 Å². The first kappa shape index (κ1) is 11.9. The highest BCUT2D eigenvalue weighted by molar-refractivity contribution is 9.10. The van der Waals surface area contributed by atoms with Crippen molar-refractivity contribution < 1.29 is 0 Å². The van der Waals surface area contributed by atoms with E-state index < -0.39 is 0 Å². The van der Waals surface area contributed by atoms with Crippen LogP contribution in [0.25, 0.3) is 0 Å². The zero-order valence-electron chi connectivity index (χ0n) is 9.75. The minimum absolute atomic E-state index is 0.719. The molecule has 0 atom stereocenters. The Morgan fingerprint density at radius 2 is 2.19 bits per heavy atom. The van der Waals surface area contributed by atoms with Gasteiger partial charge in [0.15, 0.2) is 0 Å². The molecule has 1 aliphatic rings. The molecule has 16 heavy (non-hydrogen) atoms. The quantitative estimate of drug-likeness (QED) is 0.900. The summed E-state index contributed by atoms with van der Waals surface area (Å²) in [7, 11) is 0. The smallest absolute Gasteiger partial charge is 0.0412 e. The van der Waals surface area contributed by atoms with E-state index in [1.54, 1.807) is 0 Å². The fourth-order valence-electron chi connectivity index (χ4n) is 2.18. The maximum absolute atomic E-state index is 5.67. The van der Waals surface area contributed by atoms with E-state index in [4.69, 9.17) is 5.73 Å². The molecule has 0 spiro atoms. The molecule has 1 aromatic carbocycles. The largest absolute Gasteiger partial charge is 0.369 e. The van der Waals surface area contributed by atoms with Crippen molar-refractivity contribution in [3.05, 3.63) is 28.2 Å². The summed E-state index contributed by atoms with van der Waals surface area (Å²) in [6.07, 6.45) is 3.64. The first-order valence-electron chi connectivity index (χ1n) is 6.01. The average Bonchev–Trinajstić information content (AvgIpc) is 3.07. The number of rotatable bonds is 5. The standard InChI is InChI=1S/C13H19BrN2/c1-2-16(12-5-6-12)13-9-11(14)4-3-10(13)7-8-15/h3-4,9,12H,2,5-8,15H2,1H3. The average molecular weight is 283 g/mol. The minimum atomic E-state index is 0.719. The van der Waals surface area contributed by atoms with Crippen LogP contribution in [0.15, 0.2) is 22.7 Å². The summed E-state index contributed by atoms with van der Waals surface area (Å²) in [4.78, 5) is 2.51. The number of hydrogen-bond donors (Lipinski definition) is 1. The van der Waals surface area contributed by atoms with Gasteiger partial charge in [0.05, 0.1) is 0 Å². The van der Waals surface area contributed by atoms with Crippen LogP contribution in [0.5, 0.6) is 0 Å². The third kappa shape index (κ3) is 2.58. The van der Waals surface area contributed by atoms with Crippen molar-refractivity contribution in [2.75, 3.05) is 18.0 Å². The number of nitrogens with two attached hydrogens (primary N) is 1. The molecule has 2 nitrogen and oxygen atoms in total. The molecule has 0 amide bonds. The van der Waals surface area contributed by atoms with E-state index in [0.717, 1.165) is 30.0 Å². The van der Waals surface area contributed by atoms with E-state index in [1.165, 1.54) is 24.1 Å². The summed E-state index contributed by atoms with van der Waals surface area (Å²) in [6, 6.07) is 7.29. The van der Waals surface area contributed by atoms with Crippen molar-refractivity contribution in [2.45, 2.75) is 32.2 Å². The predicted octanol–water partition coefficient (Wildman–Crippen LogP) is 2.94. The minimum Gasteiger partial charge on any atom is -0.369 e. The third-order valence-electron chi connectivity index (χ3n) is 3.10. The summed E-state index contributed by atoms with van der Waals surface area (Å²) in [6.45, 7) is 4.03. The Morgan fingerprint density at radius 3 is 2.75 bits per heavy atom. The van der Waals surface area contributed by atoms with Crippen LogP contribution in [0.2, 0.25) is 0 Å². The molecule has 3 heteroatoms. The lowest BCUT2D eigenvalue weighted by Gasteiger charge is -2.26. The monoisotopic (exact) mass is 282 g/mol. The summed E-state index contributed by atoms with van der Waals surface area (Å²) < 4.78 is 1.15. The Hall–Kier alpha value is -0.540. The number of benzene rings is 1. The molecule has 0 unspecified atom stereocenters. The highest BCUT2D eigenvalue weighted by atomic mass is 79.9. The van der Waals surface area contributed by atoms with Gasteiger partial charge in [0.1, 0.15) is 0 Å². The van der Waals surface area contributed by atoms with E-state index in [9.17, 15) is 0 Å². The van der Waals surface area contributed by atoms with E-state index in [0.29, 0.717) is 0 Å². The van der Waals surface area contributed by atoms with Crippen molar-refractivity contribution in [3.63, 3.8) is 0 Å². The van der Waals surface area contributed by atoms with Gasteiger partial charge in [-0.05, 0) is 50.4 Å². The van der Waals surface area contributed by atoms with E-state index in [1.807, 2.05) is 0 Å². The third-order valence-corrected chi connectivity index (χ3v) is 3.59. The summed E-state index contributed by atoms with van der Waals surface area (Å²) in [5.41, 5.74) is 8.41. The fourth-order valence-corrected chi connectivity index (χ4v) is 2.53. The lowest BCUT2D eigenvalue weighted by molar-refractivity contribution is 0.813. The van der Waals surface area contributed by atoms with Gasteiger partial charge in [-0.15, -0.1) is 0 Å². The van der Waals surface area contributed by atoms with Crippen molar-refractivity contribution in [2.24, 2.45) is 5.73 Å². The SMILES string of the molecule is CCN(c1cc(Br)ccc1CCN)C1CC1. The van der Waals surface area contributed by atoms with Crippen LogP contribution < -0.4 is 10.6 Å². The molecule has 0 heterocycles. The Bertz CT molecular complexity index is 361. The molecule has 0 aliphatic heterocycles. The zero-order chi connectivity index (χ0) is 11.5. The first-order chi connectivity index (χ1) is 7.76. The zero-order valence-corrected chi connectivity index (χ0v) is 11.3. The highest BCUT2D eigenvalue weighted by Gasteiger charge is 2.29. The molecule has 0 bridgehead atoms. The molecule has 0 radical (unpaired) electrons. The molecule has 1 aromatic rings. The highest BCUT2D eigenvalue weighted by Crippen LogP contribution is 2.34. The molecule has 2 N–H and O–H groups in total. The number of nitrogens with zero attached hydrogens (tertiary/aromatic N) is 1. The van der Waals surface area contributed by atoms with Gasteiger partial charge in [0, 0.05) is 22.7 Å². The van der Waals surface area contributed by atoms with Gasteiger partial charge in [0.25, 0.3) is 0 Å². The van der Waals surface area contributed by atoms with Gasteiger partial charge in [-0.3, -0.25) is 0 Å². The molecular weight excluding hydrogens is 264 g/mol. The molecular formula is C13H19BrN2. The van der Waals surface area contributed by atoms with Gasteiger partial charge in [-0.1, -0.05) is 22.0 Å². The van der Waals surface area contributed by atoms with Crippen molar-refractivity contribution in [3.8, 4) is 0 Å². The van der Waals surface area contributed by atoms with Crippen molar-refractivity contribution in [1.29, 1.82) is 0 Å². The predicted molar refractivity (Wildman–Crippen MR) is 72.9 cm³/mol. The molecule has 1 fully saturated rings. The van der Waals surface area contributed by atoms with Gasteiger partial charge in [-0.25, -0.2) is 0 Å². The normalized spacial score (nSPS) is 15.2. The van der Waals surface area contributed by atoms with Crippen LogP contribution in [0, 0.1) is 0 Å². The Labute approximate surface area is 106 Å². The molecule has 1 aliphatic carbocycles. The lowest BCUT2D eigenvalue weighted by Crippen LogP contribution is -2.26.